The quantitative estimate of drug-likeness (QED) is 0.618. The van der Waals surface area contributed by atoms with Crippen molar-refractivity contribution in [3.8, 4) is 23.0 Å². The topological polar surface area (TPSA) is 91.8 Å². The van der Waals surface area contributed by atoms with Crippen molar-refractivity contribution in [1.29, 1.82) is 5.26 Å². The highest BCUT2D eigenvalue weighted by molar-refractivity contribution is 5.67. The minimum atomic E-state index is -0.200. The number of H-pyrrole nitrogens is 1. The van der Waals surface area contributed by atoms with E-state index in [0.29, 0.717) is 22.5 Å². The van der Waals surface area contributed by atoms with Crippen LogP contribution in [0.4, 0.5) is 0 Å². The Balaban J connectivity index is 1.96. The molecule has 0 amide bonds. The Kier molecular flexibility index (Phi) is 3.66. The van der Waals surface area contributed by atoms with E-state index in [-0.39, 0.29) is 11.5 Å². The third kappa shape index (κ3) is 2.40. The molecule has 26 heavy (non-hydrogen) atoms. The summed E-state index contributed by atoms with van der Waals surface area (Å²) in [6, 6.07) is 11.8. The summed E-state index contributed by atoms with van der Waals surface area (Å²) in [6.45, 7) is 3.90. The summed E-state index contributed by atoms with van der Waals surface area (Å²) in [5.41, 5.74) is 3.25. The summed E-state index contributed by atoms with van der Waals surface area (Å²) in [5, 5.41) is 16.5. The predicted octanol–water partition coefficient (Wildman–Crippen LogP) is 2.87. The van der Waals surface area contributed by atoms with E-state index in [2.05, 4.69) is 21.3 Å². The summed E-state index contributed by atoms with van der Waals surface area (Å²) < 4.78 is 3.06. The second kappa shape index (κ2) is 6.01. The largest absolute Gasteiger partial charge is 0.295 e. The van der Waals surface area contributed by atoms with Crippen molar-refractivity contribution in [3.05, 3.63) is 70.4 Å². The first kappa shape index (κ1) is 15.8. The van der Waals surface area contributed by atoms with E-state index in [9.17, 15) is 10.1 Å². The molecule has 0 spiro atoms. The van der Waals surface area contributed by atoms with Crippen LogP contribution in [0, 0.1) is 11.3 Å². The van der Waals surface area contributed by atoms with Gasteiger partial charge in [-0.15, -0.1) is 0 Å². The number of benzene rings is 1. The van der Waals surface area contributed by atoms with Crippen molar-refractivity contribution in [3.63, 3.8) is 0 Å². The molecular weight excluding hydrogens is 328 g/mol. The van der Waals surface area contributed by atoms with E-state index < -0.39 is 0 Å². The fourth-order valence-corrected chi connectivity index (χ4v) is 3.02. The number of aromatic amines is 1. The zero-order valence-electron chi connectivity index (χ0n) is 14.3. The number of hydrogen-bond acceptors (Lipinski definition) is 4. The van der Waals surface area contributed by atoms with Crippen LogP contribution < -0.4 is 5.56 Å². The van der Waals surface area contributed by atoms with Gasteiger partial charge in [-0.25, -0.2) is 14.2 Å². The van der Waals surface area contributed by atoms with Crippen LogP contribution >= 0.6 is 0 Å². The van der Waals surface area contributed by atoms with Gasteiger partial charge < -0.3 is 0 Å². The summed E-state index contributed by atoms with van der Waals surface area (Å²) in [5.74, 6) is -0.0317. The molecule has 0 unspecified atom stereocenters. The van der Waals surface area contributed by atoms with Gasteiger partial charge in [-0.05, 0) is 18.1 Å². The molecule has 1 aromatic carbocycles. The number of aromatic nitrogens is 5. The monoisotopic (exact) mass is 344 g/mol. The molecule has 4 aromatic rings. The normalized spacial score (nSPS) is 11.2. The lowest BCUT2D eigenvalue weighted by Crippen LogP contribution is -2.22. The summed E-state index contributed by atoms with van der Waals surface area (Å²) >= 11 is 0. The van der Waals surface area contributed by atoms with Crippen LogP contribution in [0.15, 0.2) is 53.7 Å². The molecule has 4 rings (SSSR count). The van der Waals surface area contributed by atoms with Gasteiger partial charge >= 0.3 is 0 Å². The molecule has 1 N–H and O–H groups in total. The summed E-state index contributed by atoms with van der Waals surface area (Å²) in [6.07, 6.45) is 5.03. The van der Waals surface area contributed by atoms with Crippen LogP contribution in [-0.4, -0.2) is 24.4 Å². The van der Waals surface area contributed by atoms with Crippen molar-refractivity contribution >= 4 is 5.65 Å². The molecule has 0 saturated carbocycles. The zero-order valence-corrected chi connectivity index (χ0v) is 14.3. The second-order valence-corrected chi connectivity index (χ2v) is 6.30. The molecule has 0 aliphatic rings. The Morgan fingerprint density at radius 1 is 1.23 bits per heavy atom. The average molecular weight is 344 g/mol. The first-order chi connectivity index (χ1) is 12.6. The Morgan fingerprint density at radius 2 is 2.00 bits per heavy atom. The Labute approximate surface area is 149 Å². The number of rotatable bonds is 3. The average Bonchev–Trinajstić information content (AvgIpc) is 3.29. The molecule has 0 atom stereocenters. The molecule has 0 fully saturated rings. The number of hydrogen-bond donors (Lipinski definition) is 1. The van der Waals surface area contributed by atoms with Gasteiger partial charge in [-0.3, -0.25) is 9.89 Å². The van der Waals surface area contributed by atoms with Crippen LogP contribution in [0.3, 0.4) is 0 Å². The molecule has 0 bridgehead atoms. The first-order valence-corrected chi connectivity index (χ1v) is 8.24. The summed E-state index contributed by atoms with van der Waals surface area (Å²) in [4.78, 5) is 17.5. The third-order valence-electron chi connectivity index (χ3n) is 4.27. The van der Waals surface area contributed by atoms with E-state index in [1.54, 1.807) is 10.9 Å². The van der Waals surface area contributed by atoms with Crippen LogP contribution in [0.1, 0.15) is 30.9 Å². The van der Waals surface area contributed by atoms with Gasteiger partial charge in [-0.2, -0.15) is 10.4 Å². The van der Waals surface area contributed by atoms with E-state index in [4.69, 9.17) is 0 Å². The van der Waals surface area contributed by atoms with E-state index >= 15 is 0 Å². The maximum absolute atomic E-state index is 12.9. The highest BCUT2D eigenvalue weighted by Gasteiger charge is 2.20. The van der Waals surface area contributed by atoms with E-state index in [1.807, 2.05) is 50.4 Å². The van der Waals surface area contributed by atoms with Gasteiger partial charge in [0.15, 0.2) is 5.65 Å². The van der Waals surface area contributed by atoms with Crippen LogP contribution in [0.25, 0.3) is 22.6 Å². The van der Waals surface area contributed by atoms with Gasteiger partial charge in [0.1, 0.15) is 11.6 Å². The first-order valence-electron chi connectivity index (χ1n) is 8.24. The Morgan fingerprint density at radius 3 is 2.69 bits per heavy atom. The maximum Gasteiger partial charge on any atom is 0.276 e. The van der Waals surface area contributed by atoms with E-state index in [1.165, 1.54) is 10.7 Å². The molecule has 7 heteroatoms. The standard InChI is InChI=1S/C19H16N6O/c1-12(2)16-17(23-18-13(8-20)9-22-25(18)19(16)26)14-10-21-24(11-14)15-6-4-3-5-7-15/h3-7,9-12,22H,1-2H3. The number of fused-ring (bicyclic) bond motifs is 1. The van der Waals surface area contributed by atoms with Gasteiger partial charge in [0.25, 0.3) is 5.56 Å². The van der Waals surface area contributed by atoms with Crippen molar-refractivity contribution in [1.82, 2.24) is 24.4 Å². The minimum absolute atomic E-state index is 0.0317. The molecule has 7 nitrogen and oxygen atoms in total. The number of nitrogens with zero attached hydrogens (tertiary/aromatic N) is 5. The number of nitrogens with one attached hydrogen (secondary N) is 1. The molecule has 0 saturated heterocycles. The van der Waals surface area contributed by atoms with Crippen molar-refractivity contribution in [2.24, 2.45) is 0 Å². The van der Waals surface area contributed by atoms with Crippen LogP contribution in [0.2, 0.25) is 0 Å². The van der Waals surface area contributed by atoms with Crippen molar-refractivity contribution in [2.45, 2.75) is 19.8 Å². The molecule has 0 aliphatic heterocycles. The molecule has 0 aliphatic carbocycles. The molecule has 3 heterocycles. The summed E-state index contributed by atoms with van der Waals surface area (Å²) in [7, 11) is 0. The van der Waals surface area contributed by atoms with E-state index in [0.717, 1.165) is 11.3 Å². The van der Waals surface area contributed by atoms with Gasteiger partial charge in [0, 0.05) is 23.5 Å². The van der Waals surface area contributed by atoms with Gasteiger partial charge in [0.05, 0.1) is 17.6 Å². The predicted molar refractivity (Wildman–Crippen MR) is 97.2 cm³/mol. The number of para-hydroxylation sites is 1. The van der Waals surface area contributed by atoms with Gasteiger partial charge in [-0.1, -0.05) is 32.0 Å². The lowest BCUT2D eigenvalue weighted by atomic mass is 10.00. The number of nitriles is 1. The SMILES string of the molecule is CC(C)c1c(-c2cnn(-c3ccccc3)c2)nc2c(C#N)c[nH]n2c1=O. The lowest BCUT2D eigenvalue weighted by Gasteiger charge is -2.10. The van der Waals surface area contributed by atoms with Crippen LogP contribution in [0.5, 0.6) is 0 Å². The second-order valence-electron chi connectivity index (χ2n) is 6.30. The Hall–Kier alpha value is -3.66. The highest BCUT2D eigenvalue weighted by atomic mass is 16.1. The van der Waals surface area contributed by atoms with Crippen LogP contribution in [-0.2, 0) is 0 Å². The molecule has 3 aromatic heterocycles. The smallest absolute Gasteiger partial charge is 0.276 e. The molecule has 128 valence electrons. The maximum atomic E-state index is 12.9. The zero-order chi connectivity index (χ0) is 18.3. The fourth-order valence-electron chi connectivity index (χ4n) is 3.02. The van der Waals surface area contributed by atoms with Crippen molar-refractivity contribution < 1.29 is 0 Å². The molecule has 0 radical (unpaired) electrons. The fraction of sp³-hybridized carbons (Fsp3) is 0.158. The highest BCUT2D eigenvalue weighted by Crippen LogP contribution is 2.26. The minimum Gasteiger partial charge on any atom is -0.295 e. The molecular formula is C19H16N6O. The Bertz CT molecular complexity index is 1190. The lowest BCUT2D eigenvalue weighted by molar-refractivity contribution is 0.797. The third-order valence-corrected chi connectivity index (χ3v) is 4.27. The van der Waals surface area contributed by atoms with Crippen molar-refractivity contribution in [2.75, 3.05) is 0 Å². The van der Waals surface area contributed by atoms with Gasteiger partial charge in [0.2, 0.25) is 0 Å².